The zero-order valence-electron chi connectivity index (χ0n) is 11.1. The van der Waals surface area contributed by atoms with Crippen LogP contribution >= 0.6 is 11.6 Å². The fourth-order valence-corrected chi connectivity index (χ4v) is 2.54. The van der Waals surface area contributed by atoms with E-state index in [1.54, 1.807) is 4.52 Å². The molecule has 2 atom stereocenters. The normalized spacial score (nSPS) is 25.3. The van der Waals surface area contributed by atoms with Crippen LogP contribution < -0.4 is 5.32 Å². The Morgan fingerprint density at radius 2 is 2.26 bits per heavy atom. The van der Waals surface area contributed by atoms with Crippen LogP contribution in [0.1, 0.15) is 25.8 Å². The van der Waals surface area contributed by atoms with E-state index in [1.807, 2.05) is 20.8 Å². The van der Waals surface area contributed by atoms with Crippen LogP contribution in [0.2, 0.25) is 5.15 Å². The van der Waals surface area contributed by atoms with Gasteiger partial charge < -0.3 is 10.4 Å². The molecule has 7 heteroatoms. The molecule has 0 saturated heterocycles. The van der Waals surface area contributed by atoms with Gasteiger partial charge in [-0.1, -0.05) is 25.4 Å². The molecule has 0 bridgehead atoms. The van der Waals surface area contributed by atoms with Crippen molar-refractivity contribution in [3.05, 3.63) is 17.0 Å². The van der Waals surface area contributed by atoms with E-state index < -0.39 is 0 Å². The zero-order chi connectivity index (χ0) is 13.8. The number of anilines is 1. The van der Waals surface area contributed by atoms with E-state index in [2.05, 4.69) is 20.4 Å². The predicted octanol–water partition coefficient (Wildman–Crippen LogP) is 1.66. The Kier molecular flexibility index (Phi) is 2.69. The average molecular weight is 282 g/mol. The van der Waals surface area contributed by atoms with E-state index in [1.165, 1.54) is 6.33 Å². The summed E-state index contributed by atoms with van der Waals surface area (Å²) in [5, 5.41) is 17.8. The third-order valence-corrected chi connectivity index (χ3v) is 4.50. The van der Waals surface area contributed by atoms with E-state index in [0.717, 1.165) is 11.4 Å². The Bertz CT molecular complexity index is 638. The number of hydrogen-bond acceptors (Lipinski definition) is 5. The Morgan fingerprint density at radius 1 is 1.53 bits per heavy atom. The third-order valence-electron chi connectivity index (χ3n) is 4.13. The maximum atomic E-state index is 9.81. The molecule has 1 aliphatic rings. The molecule has 1 saturated carbocycles. The van der Waals surface area contributed by atoms with E-state index in [4.69, 9.17) is 11.6 Å². The van der Waals surface area contributed by atoms with E-state index in [0.29, 0.717) is 17.4 Å². The largest absolute Gasteiger partial charge is 0.392 e. The molecule has 19 heavy (non-hydrogen) atoms. The van der Waals surface area contributed by atoms with Crippen LogP contribution in [0.5, 0.6) is 0 Å². The van der Waals surface area contributed by atoms with Gasteiger partial charge in [0, 0.05) is 17.0 Å². The lowest BCUT2D eigenvalue weighted by atomic mass is 9.64. The summed E-state index contributed by atoms with van der Waals surface area (Å²) in [5.41, 5.74) is 0.659. The Labute approximate surface area is 115 Å². The van der Waals surface area contributed by atoms with Crippen molar-refractivity contribution in [1.29, 1.82) is 0 Å². The number of fused-ring (bicyclic) bond motifs is 1. The summed E-state index contributed by atoms with van der Waals surface area (Å²) in [6, 6.07) is 0.173. The molecule has 6 nitrogen and oxygen atoms in total. The van der Waals surface area contributed by atoms with Crippen LogP contribution in [0.15, 0.2) is 6.33 Å². The van der Waals surface area contributed by atoms with Gasteiger partial charge in [-0.15, -0.1) is 0 Å². The molecule has 0 aliphatic heterocycles. The standard InChI is InChI=1S/C12H16ClN5O/c1-6-9(13)17-11-14-5-15-18(11)10(6)16-7-4-8(19)12(7,2)3/h5,7-8,16,19H,4H2,1-3H3. The first-order chi connectivity index (χ1) is 8.91. The van der Waals surface area contributed by atoms with E-state index in [-0.39, 0.29) is 17.6 Å². The molecule has 3 rings (SSSR count). The van der Waals surface area contributed by atoms with Gasteiger partial charge in [-0.05, 0) is 13.3 Å². The molecule has 2 aromatic rings. The number of aliphatic hydroxyl groups excluding tert-OH is 1. The van der Waals surface area contributed by atoms with E-state index in [9.17, 15) is 5.11 Å². The number of aliphatic hydroxyl groups is 1. The monoisotopic (exact) mass is 281 g/mol. The van der Waals surface area contributed by atoms with E-state index >= 15 is 0 Å². The minimum absolute atomic E-state index is 0.172. The minimum atomic E-state index is -0.283. The number of hydrogen-bond donors (Lipinski definition) is 2. The lowest BCUT2D eigenvalue weighted by Crippen LogP contribution is -2.57. The highest BCUT2D eigenvalue weighted by atomic mass is 35.5. The summed E-state index contributed by atoms with van der Waals surface area (Å²) < 4.78 is 1.64. The van der Waals surface area contributed by atoms with Crippen molar-refractivity contribution in [1.82, 2.24) is 19.6 Å². The van der Waals surface area contributed by atoms with Gasteiger partial charge >= 0.3 is 0 Å². The van der Waals surface area contributed by atoms with Crippen molar-refractivity contribution in [2.24, 2.45) is 5.41 Å². The zero-order valence-corrected chi connectivity index (χ0v) is 11.8. The molecule has 102 valence electrons. The third kappa shape index (κ3) is 1.78. The molecule has 2 heterocycles. The van der Waals surface area contributed by atoms with Crippen molar-refractivity contribution in [3.63, 3.8) is 0 Å². The molecule has 0 radical (unpaired) electrons. The SMILES string of the molecule is Cc1c(Cl)nc2ncnn2c1NC1CC(O)C1(C)C. The average Bonchev–Trinajstić information content (AvgIpc) is 2.81. The fourth-order valence-electron chi connectivity index (χ4n) is 2.38. The summed E-state index contributed by atoms with van der Waals surface area (Å²) in [5.74, 6) is 1.26. The molecular weight excluding hydrogens is 266 g/mol. The fraction of sp³-hybridized carbons (Fsp3) is 0.583. The van der Waals surface area contributed by atoms with Crippen LogP contribution in [0.25, 0.3) is 5.78 Å². The van der Waals surface area contributed by atoms with Crippen LogP contribution in [-0.2, 0) is 0 Å². The van der Waals surface area contributed by atoms with Crippen LogP contribution in [0.4, 0.5) is 5.82 Å². The van der Waals surface area contributed by atoms with Crippen molar-refractivity contribution in [2.75, 3.05) is 5.32 Å². The molecule has 1 fully saturated rings. The quantitative estimate of drug-likeness (QED) is 0.819. The maximum Gasteiger partial charge on any atom is 0.255 e. The molecule has 2 unspecified atom stereocenters. The van der Waals surface area contributed by atoms with Crippen molar-refractivity contribution >= 4 is 23.2 Å². The summed E-state index contributed by atoms with van der Waals surface area (Å²) in [7, 11) is 0. The van der Waals surface area contributed by atoms with Crippen molar-refractivity contribution < 1.29 is 5.11 Å². The second kappa shape index (κ2) is 4.05. The van der Waals surface area contributed by atoms with Crippen LogP contribution in [0.3, 0.4) is 0 Å². The Balaban J connectivity index is 2.01. The molecule has 1 aliphatic carbocycles. The van der Waals surface area contributed by atoms with Crippen molar-refractivity contribution in [3.8, 4) is 0 Å². The molecule has 0 amide bonds. The van der Waals surface area contributed by atoms with Gasteiger partial charge in [-0.25, -0.2) is 0 Å². The lowest BCUT2D eigenvalue weighted by molar-refractivity contribution is -0.0512. The first kappa shape index (κ1) is 12.6. The summed E-state index contributed by atoms with van der Waals surface area (Å²) in [4.78, 5) is 8.21. The van der Waals surface area contributed by atoms with Gasteiger partial charge in [0.25, 0.3) is 5.78 Å². The maximum absolute atomic E-state index is 9.81. The number of halogens is 1. The first-order valence-electron chi connectivity index (χ1n) is 6.21. The highest BCUT2D eigenvalue weighted by Crippen LogP contribution is 2.42. The highest BCUT2D eigenvalue weighted by Gasteiger charge is 2.47. The molecular formula is C12H16ClN5O. The number of nitrogens with one attached hydrogen (secondary N) is 1. The molecule has 0 aromatic carbocycles. The van der Waals surface area contributed by atoms with Gasteiger partial charge in [-0.2, -0.15) is 19.6 Å². The van der Waals surface area contributed by atoms with Gasteiger partial charge in [0.2, 0.25) is 0 Å². The van der Waals surface area contributed by atoms with Crippen molar-refractivity contribution in [2.45, 2.75) is 39.3 Å². The van der Waals surface area contributed by atoms with Gasteiger partial charge in [0.1, 0.15) is 17.3 Å². The van der Waals surface area contributed by atoms with Crippen LogP contribution in [-0.4, -0.2) is 36.8 Å². The molecule has 2 N–H and O–H groups in total. The van der Waals surface area contributed by atoms with Gasteiger partial charge in [-0.3, -0.25) is 0 Å². The summed E-state index contributed by atoms with van der Waals surface area (Å²) in [6.07, 6.45) is 1.88. The highest BCUT2D eigenvalue weighted by molar-refractivity contribution is 6.30. The van der Waals surface area contributed by atoms with Crippen LogP contribution in [0, 0.1) is 12.3 Å². The lowest BCUT2D eigenvalue weighted by Gasteiger charge is -2.49. The molecule has 0 spiro atoms. The first-order valence-corrected chi connectivity index (χ1v) is 6.59. The summed E-state index contributed by atoms with van der Waals surface area (Å²) in [6.45, 7) is 5.96. The molecule has 2 aromatic heterocycles. The topological polar surface area (TPSA) is 75.3 Å². The Morgan fingerprint density at radius 3 is 2.89 bits per heavy atom. The van der Waals surface area contributed by atoms with Gasteiger partial charge in [0.15, 0.2) is 0 Å². The second-order valence-electron chi connectivity index (χ2n) is 5.62. The Hall–Kier alpha value is -1.40. The smallest absolute Gasteiger partial charge is 0.255 e. The van der Waals surface area contributed by atoms with Gasteiger partial charge in [0.05, 0.1) is 6.10 Å². The number of aromatic nitrogens is 4. The second-order valence-corrected chi connectivity index (χ2v) is 5.98. The summed E-state index contributed by atoms with van der Waals surface area (Å²) >= 11 is 6.11. The number of nitrogens with zero attached hydrogens (tertiary/aromatic N) is 4. The predicted molar refractivity (Wildman–Crippen MR) is 72.3 cm³/mol. The minimum Gasteiger partial charge on any atom is -0.392 e. The number of rotatable bonds is 2.